The second kappa shape index (κ2) is 5.72. The van der Waals surface area contributed by atoms with Crippen LogP contribution in [0, 0.1) is 6.92 Å². The topological polar surface area (TPSA) is 49.8 Å². The minimum absolute atomic E-state index is 0.458. The van der Waals surface area contributed by atoms with Gasteiger partial charge in [-0.05, 0) is 42.9 Å². The van der Waals surface area contributed by atoms with E-state index in [9.17, 15) is 0 Å². The Labute approximate surface area is 126 Å². The third-order valence-electron chi connectivity index (χ3n) is 3.75. The highest BCUT2D eigenvalue weighted by Crippen LogP contribution is 2.29. The largest absolute Gasteiger partial charge is 0.367 e. The summed E-state index contributed by atoms with van der Waals surface area (Å²) in [6.45, 7) is 6.51. The van der Waals surface area contributed by atoms with E-state index in [2.05, 4.69) is 59.6 Å². The van der Waals surface area contributed by atoms with E-state index in [0.29, 0.717) is 17.9 Å². The van der Waals surface area contributed by atoms with Crippen LogP contribution in [-0.2, 0) is 0 Å². The standard InChI is InChI=1S/C17H22N4/c1-11(2)14-6-4-5-12(3)16(14)21-17-18-10-9-15(20-17)19-13-7-8-13/h4-6,9-11,13H,7-8H2,1-3H3,(H2,18,19,20,21). The van der Waals surface area contributed by atoms with Crippen molar-refractivity contribution in [3.63, 3.8) is 0 Å². The molecular weight excluding hydrogens is 260 g/mol. The van der Waals surface area contributed by atoms with Crippen molar-refractivity contribution in [2.45, 2.75) is 45.6 Å². The highest BCUT2D eigenvalue weighted by atomic mass is 15.2. The van der Waals surface area contributed by atoms with Gasteiger partial charge in [0.1, 0.15) is 5.82 Å². The van der Waals surface area contributed by atoms with Crippen molar-refractivity contribution < 1.29 is 0 Å². The first-order chi connectivity index (χ1) is 10.1. The molecule has 0 aliphatic heterocycles. The molecule has 1 aliphatic carbocycles. The highest BCUT2D eigenvalue weighted by Gasteiger charge is 2.21. The Morgan fingerprint density at radius 1 is 1.19 bits per heavy atom. The Morgan fingerprint density at radius 3 is 2.71 bits per heavy atom. The van der Waals surface area contributed by atoms with E-state index in [1.54, 1.807) is 6.20 Å². The van der Waals surface area contributed by atoms with Crippen LogP contribution in [0.1, 0.15) is 43.7 Å². The van der Waals surface area contributed by atoms with Crippen molar-refractivity contribution in [2.24, 2.45) is 0 Å². The molecule has 1 fully saturated rings. The smallest absolute Gasteiger partial charge is 0.229 e. The van der Waals surface area contributed by atoms with Gasteiger partial charge in [-0.2, -0.15) is 4.98 Å². The zero-order valence-electron chi connectivity index (χ0n) is 12.9. The monoisotopic (exact) mass is 282 g/mol. The first kappa shape index (κ1) is 13.9. The predicted molar refractivity (Wildman–Crippen MR) is 87.2 cm³/mol. The van der Waals surface area contributed by atoms with Gasteiger partial charge in [0.25, 0.3) is 0 Å². The number of rotatable bonds is 5. The first-order valence-corrected chi connectivity index (χ1v) is 7.59. The van der Waals surface area contributed by atoms with E-state index in [-0.39, 0.29) is 0 Å². The van der Waals surface area contributed by atoms with E-state index in [1.807, 2.05) is 6.07 Å². The number of para-hydroxylation sites is 1. The molecule has 21 heavy (non-hydrogen) atoms. The Kier molecular flexibility index (Phi) is 3.78. The number of nitrogens with zero attached hydrogens (tertiary/aromatic N) is 2. The number of benzene rings is 1. The summed E-state index contributed by atoms with van der Waals surface area (Å²) in [4.78, 5) is 8.90. The minimum Gasteiger partial charge on any atom is -0.367 e. The van der Waals surface area contributed by atoms with Crippen LogP contribution in [0.3, 0.4) is 0 Å². The van der Waals surface area contributed by atoms with Crippen molar-refractivity contribution in [2.75, 3.05) is 10.6 Å². The lowest BCUT2D eigenvalue weighted by atomic mass is 9.98. The van der Waals surface area contributed by atoms with Gasteiger partial charge in [-0.3, -0.25) is 0 Å². The van der Waals surface area contributed by atoms with Gasteiger partial charge in [0.05, 0.1) is 0 Å². The second-order valence-corrected chi connectivity index (χ2v) is 6.00. The van der Waals surface area contributed by atoms with Gasteiger partial charge in [-0.15, -0.1) is 0 Å². The Balaban J connectivity index is 1.86. The molecule has 0 amide bonds. The lowest BCUT2D eigenvalue weighted by Gasteiger charge is -2.16. The average Bonchev–Trinajstić information content (AvgIpc) is 3.25. The highest BCUT2D eigenvalue weighted by molar-refractivity contribution is 5.64. The Morgan fingerprint density at radius 2 is 2.00 bits per heavy atom. The molecular formula is C17H22N4. The maximum Gasteiger partial charge on any atom is 0.229 e. The molecule has 4 nitrogen and oxygen atoms in total. The van der Waals surface area contributed by atoms with Crippen LogP contribution >= 0.6 is 0 Å². The van der Waals surface area contributed by atoms with Crippen molar-refractivity contribution in [3.05, 3.63) is 41.6 Å². The second-order valence-electron chi connectivity index (χ2n) is 6.00. The van der Waals surface area contributed by atoms with Gasteiger partial charge >= 0.3 is 0 Å². The van der Waals surface area contributed by atoms with E-state index in [1.165, 1.54) is 24.0 Å². The molecule has 1 aliphatic rings. The zero-order chi connectivity index (χ0) is 14.8. The molecule has 0 bridgehead atoms. The van der Waals surface area contributed by atoms with Gasteiger partial charge < -0.3 is 10.6 Å². The van der Waals surface area contributed by atoms with Crippen molar-refractivity contribution in [1.82, 2.24) is 9.97 Å². The number of nitrogens with one attached hydrogen (secondary N) is 2. The van der Waals surface area contributed by atoms with Crippen LogP contribution in [0.15, 0.2) is 30.5 Å². The minimum atomic E-state index is 0.458. The molecule has 0 radical (unpaired) electrons. The fourth-order valence-electron chi connectivity index (χ4n) is 2.39. The maximum atomic E-state index is 4.56. The predicted octanol–water partition coefficient (Wildman–Crippen LogP) is 4.23. The summed E-state index contributed by atoms with van der Waals surface area (Å²) in [5.74, 6) is 2.01. The van der Waals surface area contributed by atoms with Crippen LogP contribution in [-0.4, -0.2) is 16.0 Å². The lowest BCUT2D eigenvalue weighted by molar-refractivity contribution is 0.866. The molecule has 1 aromatic heterocycles. The van der Waals surface area contributed by atoms with E-state index < -0.39 is 0 Å². The third-order valence-corrected chi connectivity index (χ3v) is 3.75. The maximum absolute atomic E-state index is 4.56. The first-order valence-electron chi connectivity index (χ1n) is 7.59. The van der Waals surface area contributed by atoms with Gasteiger partial charge in [-0.1, -0.05) is 32.0 Å². The fraction of sp³-hybridized carbons (Fsp3) is 0.412. The van der Waals surface area contributed by atoms with E-state index >= 15 is 0 Å². The van der Waals surface area contributed by atoms with Crippen LogP contribution < -0.4 is 10.6 Å². The molecule has 2 N–H and O–H groups in total. The number of aryl methyl sites for hydroxylation is 1. The van der Waals surface area contributed by atoms with Crippen molar-refractivity contribution in [1.29, 1.82) is 0 Å². The van der Waals surface area contributed by atoms with Gasteiger partial charge in [0.15, 0.2) is 0 Å². The van der Waals surface area contributed by atoms with E-state index in [4.69, 9.17) is 0 Å². The summed E-state index contributed by atoms with van der Waals surface area (Å²) >= 11 is 0. The molecule has 1 heterocycles. The zero-order valence-corrected chi connectivity index (χ0v) is 12.9. The molecule has 3 rings (SSSR count). The summed E-state index contributed by atoms with van der Waals surface area (Å²) in [6.07, 6.45) is 4.28. The van der Waals surface area contributed by atoms with E-state index in [0.717, 1.165) is 11.5 Å². The summed E-state index contributed by atoms with van der Waals surface area (Å²) in [5.41, 5.74) is 3.63. The molecule has 1 saturated carbocycles. The van der Waals surface area contributed by atoms with Crippen LogP contribution in [0.4, 0.5) is 17.5 Å². The molecule has 0 unspecified atom stereocenters. The lowest BCUT2D eigenvalue weighted by Crippen LogP contribution is -2.07. The third kappa shape index (κ3) is 3.32. The van der Waals surface area contributed by atoms with Crippen molar-refractivity contribution >= 4 is 17.5 Å². The molecule has 0 atom stereocenters. The van der Waals surface area contributed by atoms with Crippen LogP contribution in [0.5, 0.6) is 0 Å². The fourth-order valence-corrected chi connectivity index (χ4v) is 2.39. The quantitative estimate of drug-likeness (QED) is 0.861. The summed E-state index contributed by atoms with van der Waals surface area (Å²) in [5, 5.41) is 6.80. The molecule has 1 aromatic carbocycles. The van der Waals surface area contributed by atoms with Crippen molar-refractivity contribution in [3.8, 4) is 0 Å². The van der Waals surface area contributed by atoms with Crippen LogP contribution in [0.2, 0.25) is 0 Å². The Bertz CT molecular complexity index is 632. The van der Waals surface area contributed by atoms with Gasteiger partial charge in [0.2, 0.25) is 5.95 Å². The molecule has 4 heteroatoms. The van der Waals surface area contributed by atoms with Crippen LogP contribution in [0.25, 0.3) is 0 Å². The molecule has 0 saturated heterocycles. The molecule has 2 aromatic rings. The summed E-state index contributed by atoms with van der Waals surface area (Å²) < 4.78 is 0. The molecule has 0 spiro atoms. The average molecular weight is 282 g/mol. The molecule has 110 valence electrons. The number of aromatic nitrogens is 2. The number of anilines is 3. The number of hydrogen-bond acceptors (Lipinski definition) is 4. The van der Waals surface area contributed by atoms with Gasteiger partial charge in [0, 0.05) is 17.9 Å². The number of hydrogen-bond donors (Lipinski definition) is 2. The Hall–Kier alpha value is -2.10. The van der Waals surface area contributed by atoms with Gasteiger partial charge in [-0.25, -0.2) is 4.98 Å². The SMILES string of the molecule is Cc1cccc(C(C)C)c1Nc1nccc(NC2CC2)n1. The normalized spacial score (nSPS) is 14.3. The summed E-state index contributed by atoms with van der Waals surface area (Å²) in [7, 11) is 0. The summed E-state index contributed by atoms with van der Waals surface area (Å²) in [6, 6.07) is 8.89.